The molecule has 1 aliphatic rings. The van der Waals surface area contributed by atoms with E-state index in [-0.39, 0.29) is 27.4 Å². The molecule has 4 rings (SSSR count). The molecule has 160 valence electrons. The van der Waals surface area contributed by atoms with Crippen LogP contribution in [0.3, 0.4) is 0 Å². The molecule has 1 unspecified atom stereocenters. The van der Waals surface area contributed by atoms with Crippen molar-refractivity contribution in [2.45, 2.75) is 6.04 Å². The smallest absolute Gasteiger partial charge is 0.331 e. The van der Waals surface area contributed by atoms with E-state index >= 15 is 0 Å². The summed E-state index contributed by atoms with van der Waals surface area (Å²) >= 11 is 5.75. The van der Waals surface area contributed by atoms with Gasteiger partial charge in [-0.1, -0.05) is 23.7 Å². The number of urea groups is 1. The van der Waals surface area contributed by atoms with Crippen molar-refractivity contribution in [1.82, 2.24) is 15.2 Å². The zero-order valence-corrected chi connectivity index (χ0v) is 16.6. The van der Waals surface area contributed by atoms with E-state index in [4.69, 9.17) is 16.9 Å². The first-order valence-corrected chi connectivity index (χ1v) is 9.34. The number of carboxylic acid groups (broad SMARTS) is 1. The predicted molar refractivity (Wildman–Crippen MR) is 108 cm³/mol. The maximum Gasteiger partial charge on any atom is 0.331 e. The number of nitrogens with zero attached hydrogens (tertiary/aromatic N) is 2. The summed E-state index contributed by atoms with van der Waals surface area (Å²) in [5.41, 5.74) is -0.344. The van der Waals surface area contributed by atoms with Gasteiger partial charge in [0.05, 0.1) is 16.1 Å². The second-order valence-corrected chi connectivity index (χ2v) is 7.19. The molecule has 0 radical (unpaired) electrons. The van der Waals surface area contributed by atoms with E-state index in [1.807, 2.05) is 0 Å². The quantitative estimate of drug-likeness (QED) is 0.407. The minimum atomic E-state index is -1.84. The Kier molecular flexibility index (Phi) is 5.12. The number of aromatic nitrogens is 1. The van der Waals surface area contributed by atoms with Crippen LogP contribution in [0, 0.1) is 23.0 Å². The van der Waals surface area contributed by atoms with Gasteiger partial charge >= 0.3 is 12.0 Å². The Labute approximate surface area is 183 Å². The zero-order chi connectivity index (χ0) is 23.2. The van der Waals surface area contributed by atoms with E-state index in [1.165, 1.54) is 24.4 Å². The third kappa shape index (κ3) is 3.34. The lowest BCUT2D eigenvalue weighted by atomic mass is 10.0. The van der Waals surface area contributed by atoms with Crippen LogP contribution in [-0.2, 0) is 9.59 Å². The van der Waals surface area contributed by atoms with Crippen molar-refractivity contribution in [2.75, 3.05) is 0 Å². The SMILES string of the molecule is N#Cc1ccc(C(C(=O)O)N2C(=O)N/C(=C\c3c[nH]c4c(F)c(Cl)ccc34)C2=O)cc1F. The number of nitrogens with one attached hydrogen (secondary N) is 2. The number of benzene rings is 2. The van der Waals surface area contributed by atoms with Gasteiger partial charge in [0.15, 0.2) is 11.9 Å². The lowest BCUT2D eigenvalue weighted by molar-refractivity contribution is -0.146. The number of carbonyl (C=O) groups is 3. The summed E-state index contributed by atoms with van der Waals surface area (Å²) in [4.78, 5) is 40.3. The molecule has 3 amide bonds. The molecule has 0 aliphatic carbocycles. The Balaban J connectivity index is 1.73. The fourth-order valence-corrected chi connectivity index (χ4v) is 3.57. The summed E-state index contributed by atoms with van der Waals surface area (Å²) in [5, 5.41) is 21.0. The lowest BCUT2D eigenvalue weighted by Gasteiger charge is -2.21. The lowest BCUT2D eigenvalue weighted by Crippen LogP contribution is -2.39. The summed E-state index contributed by atoms with van der Waals surface area (Å²) < 4.78 is 28.2. The number of hydrogen-bond donors (Lipinski definition) is 3. The maximum absolute atomic E-state index is 14.2. The van der Waals surface area contributed by atoms with E-state index in [2.05, 4.69) is 10.3 Å². The van der Waals surface area contributed by atoms with Crippen molar-refractivity contribution in [2.24, 2.45) is 0 Å². The molecule has 8 nitrogen and oxygen atoms in total. The number of aromatic amines is 1. The normalized spacial score (nSPS) is 15.8. The molecule has 1 fully saturated rings. The number of aliphatic carboxylic acids is 1. The second kappa shape index (κ2) is 7.79. The van der Waals surface area contributed by atoms with Crippen molar-refractivity contribution < 1.29 is 28.3 Å². The summed E-state index contributed by atoms with van der Waals surface area (Å²) in [6.07, 6.45) is 2.65. The second-order valence-electron chi connectivity index (χ2n) is 6.78. The van der Waals surface area contributed by atoms with Gasteiger partial charge in [-0.15, -0.1) is 0 Å². The van der Waals surface area contributed by atoms with Crippen LogP contribution >= 0.6 is 11.6 Å². The van der Waals surface area contributed by atoms with E-state index < -0.39 is 35.6 Å². The number of hydrogen-bond acceptors (Lipinski definition) is 4. The first-order chi connectivity index (χ1) is 15.2. The minimum Gasteiger partial charge on any atom is -0.479 e. The fourth-order valence-electron chi connectivity index (χ4n) is 3.41. The molecule has 0 spiro atoms. The highest BCUT2D eigenvalue weighted by Crippen LogP contribution is 2.31. The molecule has 32 heavy (non-hydrogen) atoms. The minimum absolute atomic E-state index is 0.0921. The number of rotatable bonds is 4. The van der Waals surface area contributed by atoms with Gasteiger partial charge in [0.25, 0.3) is 5.91 Å². The van der Waals surface area contributed by atoms with Crippen LogP contribution in [0.15, 0.2) is 42.2 Å². The fraction of sp³-hybridized carbons (Fsp3) is 0.0476. The van der Waals surface area contributed by atoms with E-state index in [0.29, 0.717) is 15.8 Å². The van der Waals surface area contributed by atoms with Crippen molar-refractivity contribution in [3.63, 3.8) is 0 Å². The highest BCUT2D eigenvalue weighted by molar-refractivity contribution is 6.31. The van der Waals surface area contributed by atoms with Crippen LogP contribution in [0.2, 0.25) is 5.02 Å². The highest BCUT2D eigenvalue weighted by atomic mass is 35.5. The van der Waals surface area contributed by atoms with Crippen LogP contribution in [0.25, 0.3) is 17.0 Å². The average Bonchev–Trinajstić information content (AvgIpc) is 3.27. The molecule has 3 N–H and O–H groups in total. The monoisotopic (exact) mass is 456 g/mol. The van der Waals surface area contributed by atoms with Gasteiger partial charge in [0.1, 0.15) is 17.6 Å². The van der Waals surface area contributed by atoms with Crippen LogP contribution < -0.4 is 5.32 Å². The van der Waals surface area contributed by atoms with E-state index in [9.17, 15) is 28.3 Å². The molecule has 1 aromatic heterocycles. The molecule has 1 saturated heterocycles. The van der Waals surface area contributed by atoms with Gasteiger partial charge in [0.2, 0.25) is 0 Å². The summed E-state index contributed by atoms with van der Waals surface area (Å²) in [6, 6.07) is 4.56. The largest absolute Gasteiger partial charge is 0.479 e. The molecular formula is C21H11ClF2N4O4. The topological polar surface area (TPSA) is 126 Å². The summed E-state index contributed by atoms with van der Waals surface area (Å²) in [6.45, 7) is 0. The first-order valence-electron chi connectivity index (χ1n) is 8.96. The Morgan fingerprint density at radius 3 is 2.66 bits per heavy atom. The molecular weight excluding hydrogens is 446 g/mol. The third-order valence-electron chi connectivity index (χ3n) is 4.91. The number of imide groups is 1. The summed E-state index contributed by atoms with van der Waals surface area (Å²) in [5.74, 6) is -4.23. The van der Waals surface area contributed by atoms with Gasteiger partial charge < -0.3 is 15.4 Å². The van der Waals surface area contributed by atoms with Crippen molar-refractivity contribution in [1.29, 1.82) is 5.26 Å². The number of halogens is 3. The van der Waals surface area contributed by atoms with Crippen LogP contribution in [-0.4, -0.2) is 32.9 Å². The number of H-pyrrole nitrogens is 1. The van der Waals surface area contributed by atoms with Gasteiger partial charge in [-0.05, 0) is 29.8 Å². The Hall–Kier alpha value is -4.23. The maximum atomic E-state index is 14.2. The van der Waals surface area contributed by atoms with Gasteiger partial charge in [-0.2, -0.15) is 5.26 Å². The zero-order valence-electron chi connectivity index (χ0n) is 15.8. The molecule has 0 bridgehead atoms. The first kappa shape index (κ1) is 21.0. The standard InChI is InChI=1S/C21H11ClF2N4O4/c22-13-4-3-12-11(8-26-17(12)16(13)24)6-15-19(29)28(21(32)27-15)18(20(30)31)9-1-2-10(7-25)14(23)5-9/h1-6,8,18,26H,(H,27,32)(H,30,31)/b15-6-. The Bertz CT molecular complexity index is 1390. The number of amides is 3. The predicted octanol–water partition coefficient (Wildman–Crippen LogP) is 3.69. The van der Waals surface area contributed by atoms with E-state index in [0.717, 1.165) is 18.2 Å². The van der Waals surface area contributed by atoms with Crippen LogP contribution in [0.4, 0.5) is 13.6 Å². The van der Waals surface area contributed by atoms with Gasteiger partial charge in [-0.3, -0.25) is 4.79 Å². The number of carbonyl (C=O) groups excluding carboxylic acids is 2. The molecule has 2 aromatic carbocycles. The molecule has 1 aliphatic heterocycles. The van der Waals surface area contributed by atoms with Crippen molar-refractivity contribution in [3.05, 3.63) is 75.6 Å². The van der Waals surface area contributed by atoms with Crippen molar-refractivity contribution >= 4 is 46.5 Å². The number of nitriles is 1. The van der Waals surface area contributed by atoms with Gasteiger partial charge in [-0.25, -0.2) is 23.3 Å². The third-order valence-corrected chi connectivity index (χ3v) is 5.20. The number of fused-ring (bicyclic) bond motifs is 1. The highest BCUT2D eigenvalue weighted by Gasteiger charge is 2.43. The molecule has 3 aromatic rings. The molecule has 11 heteroatoms. The van der Waals surface area contributed by atoms with Crippen molar-refractivity contribution in [3.8, 4) is 6.07 Å². The Morgan fingerprint density at radius 2 is 2.00 bits per heavy atom. The van der Waals surface area contributed by atoms with Gasteiger partial charge in [0, 0.05) is 17.1 Å². The van der Waals surface area contributed by atoms with E-state index in [1.54, 1.807) is 6.07 Å². The van der Waals surface area contributed by atoms with Crippen LogP contribution in [0.5, 0.6) is 0 Å². The number of carboxylic acids is 1. The summed E-state index contributed by atoms with van der Waals surface area (Å²) in [7, 11) is 0. The Morgan fingerprint density at radius 1 is 1.25 bits per heavy atom. The molecule has 2 heterocycles. The molecule has 1 atom stereocenters. The molecule has 0 saturated carbocycles. The average molecular weight is 457 g/mol. The van der Waals surface area contributed by atoms with Crippen LogP contribution in [0.1, 0.15) is 22.7 Å².